The molecule has 0 amide bonds. The molecular formula is C18H27F3. The highest BCUT2D eigenvalue weighted by molar-refractivity contribution is 5.00. The molecule has 0 bridgehead atoms. The van der Waals surface area contributed by atoms with Crippen LogP contribution in [0.3, 0.4) is 0 Å². The number of hydrogen-bond acceptors (Lipinski definition) is 0. The Kier molecular flexibility index (Phi) is 6.38. The molecule has 0 unspecified atom stereocenters. The van der Waals surface area contributed by atoms with Crippen molar-refractivity contribution >= 4 is 0 Å². The zero-order valence-corrected chi connectivity index (χ0v) is 13.0. The van der Waals surface area contributed by atoms with Gasteiger partial charge in [-0.2, -0.15) is 8.78 Å². The summed E-state index contributed by atoms with van der Waals surface area (Å²) < 4.78 is 37.9. The fourth-order valence-electron chi connectivity index (χ4n) is 4.14. The third kappa shape index (κ3) is 4.62. The van der Waals surface area contributed by atoms with Crippen LogP contribution in [0.2, 0.25) is 0 Å². The first kappa shape index (κ1) is 16.6. The maximum atomic E-state index is 13.3. The van der Waals surface area contributed by atoms with Crippen molar-refractivity contribution in [2.24, 2.45) is 23.7 Å². The molecule has 0 radical (unpaired) electrons. The molecule has 0 N–H and O–H groups in total. The number of hydrogen-bond donors (Lipinski definition) is 0. The summed E-state index contributed by atoms with van der Waals surface area (Å²) in [5.41, 5.74) is 0. The largest absolute Gasteiger partial charge is 0.301 e. The molecule has 0 heterocycles. The van der Waals surface area contributed by atoms with Gasteiger partial charge in [0.25, 0.3) is 0 Å². The Bertz CT molecular complexity index is 366. The van der Waals surface area contributed by atoms with Gasteiger partial charge in [-0.1, -0.05) is 19.1 Å². The van der Waals surface area contributed by atoms with Crippen LogP contribution in [0.4, 0.5) is 13.2 Å². The van der Waals surface area contributed by atoms with Gasteiger partial charge in [-0.05, 0) is 75.5 Å². The maximum absolute atomic E-state index is 13.3. The molecule has 0 aromatic heterocycles. The van der Waals surface area contributed by atoms with Crippen molar-refractivity contribution in [3.63, 3.8) is 0 Å². The van der Waals surface area contributed by atoms with Crippen LogP contribution in [-0.4, -0.2) is 0 Å². The van der Waals surface area contributed by atoms with E-state index in [2.05, 4.69) is 19.1 Å². The average molecular weight is 300 g/mol. The van der Waals surface area contributed by atoms with Crippen molar-refractivity contribution < 1.29 is 13.2 Å². The quantitative estimate of drug-likeness (QED) is 0.510. The lowest BCUT2D eigenvalue weighted by Crippen LogP contribution is -2.25. The highest BCUT2D eigenvalue weighted by Gasteiger charge is 2.32. The highest BCUT2D eigenvalue weighted by Crippen LogP contribution is 2.43. The molecule has 0 aromatic rings. The van der Waals surface area contributed by atoms with Crippen LogP contribution < -0.4 is 0 Å². The Hall–Kier alpha value is -0.730. The van der Waals surface area contributed by atoms with Crippen molar-refractivity contribution in [2.45, 2.75) is 64.7 Å². The maximum Gasteiger partial charge on any atom is 0.301 e. The van der Waals surface area contributed by atoms with E-state index < -0.39 is 17.8 Å². The summed E-state index contributed by atoms with van der Waals surface area (Å²) in [6.07, 6.45) is 11.7. The smallest absolute Gasteiger partial charge is 0.206 e. The number of allylic oxidation sites excluding steroid dienone is 3. The highest BCUT2D eigenvalue weighted by atomic mass is 19.3. The molecule has 0 atom stereocenters. The minimum atomic E-state index is -2.11. The van der Waals surface area contributed by atoms with Crippen LogP contribution in [0.15, 0.2) is 24.1 Å². The molecule has 3 heteroatoms. The Morgan fingerprint density at radius 2 is 1.38 bits per heavy atom. The van der Waals surface area contributed by atoms with Gasteiger partial charge in [0, 0.05) is 5.92 Å². The van der Waals surface area contributed by atoms with Gasteiger partial charge in [-0.15, -0.1) is 0 Å². The van der Waals surface area contributed by atoms with Gasteiger partial charge in [-0.25, -0.2) is 4.39 Å². The average Bonchev–Trinajstić information content (AvgIpc) is 2.53. The zero-order chi connectivity index (χ0) is 15.2. The molecule has 2 aliphatic rings. The molecule has 2 aliphatic carbocycles. The first-order valence-corrected chi connectivity index (χ1v) is 8.49. The first-order valence-electron chi connectivity index (χ1n) is 8.49. The topological polar surface area (TPSA) is 0 Å². The minimum absolute atomic E-state index is 0.518. The molecule has 2 rings (SSSR count). The normalized spacial score (nSPS) is 34.1. The van der Waals surface area contributed by atoms with Crippen molar-refractivity contribution in [1.29, 1.82) is 0 Å². The van der Waals surface area contributed by atoms with Gasteiger partial charge in [0.05, 0.1) is 0 Å². The third-order valence-corrected chi connectivity index (χ3v) is 5.44. The molecular weight excluding hydrogens is 273 g/mol. The molecule has 2 fully saturated rings. The van der Waals surface area contributed by atoms with E-state index in [1.165, 1.54) is 25.7 Å². The Morgan fingerprint density at radius 3 is 1.86 bits per heavy atom. The number of halogens is 3. The fraction of sp³-hybridized carbons (Fsp3) is 0.778. The van der Waals surface area contributed by atoms with Gasteiger partial charge in [0.1, 0.15) is 0 Å². The Labute approximate surface area is 126 Å². The van der Waals surface area contributed by atoms with E-state index in [0.29, 0.717) is 18.8 Å². The summed E-state index contributed by atoms with van der Waals surface area (Å²) in [5, 5.41) is 0. The van der Waals surface area contributed by atoms with Crippen molar-refractivity contribution in [3.05, 3.63) is 24.1 Å². The molecule has 0 saturated heterocycles. The SMILES string of the molecule is CC/C=C/C1CCC(C2CCC(C(F)=C(F)F)CC2)CC1. The van der Waals surface area contributed by atoms with Crippen LogP contribution in [0, 0.1) is 23.7 Å². The molecule has 120 valence electrons. The predicted octanol–water partition coefficient (Wildman–Crippen LogP) is 6.64. The van der Waals surface area contributed by atoms with Crippen LogP contribution >= 0.6 is 0 Å². The van der Waals surface area contributed by atoms with E-state index in [9.17, 15) is 13.2 Å². The lowest BCUT2D eigenvalue weighted by atomic mass is 9.69. The summed E-state index contributed by atoms with van der Waals surface area (Å²) in [6.45, 7) is 2.16. The van der Waals surface area contributed by atoms with Crippen LogP contribution in [0.5, 0.6) is 0 Å². The van der Waals surface area contributed by atoms with Crippen molar-refractivity contribution in [3.8, 4) is 0 Å². The minimum Gasteiger partial charge on any atom is -0.206 e. The van der Waals surface area contributed by atoms with E-state index in [4.69, 9.17) is 0 Å². The van der Waals surface area contributed by atoms with E-state index in [0.717, 1.165) is 31.1 Å². The molecule has 0 aromatic carbocycles. The van der Waals surface area contributed by atoms with Crippen LogP contribution in [0.25, 0.3) is 0 Å². The zero-order valence-electron chi connectivity index (χ0n) is 13.0. The summed E-state index contributed by atoms with van der Waals surface area (Å²) in [7, 11) is 0. The second-order valence-corrected chi connectivity index (χ2v) is 6.73. The first-order chi connectivity index (χ1) is 10.1. The second-order valence-electron chi connectivity index (χ2n) is 6.73. The van der Waals surface area contributed by atoms with E-state index in [1.807, 2.05) is 0 Å². The monoisotopic (exact) mass is 300 g/mol. The summed E-state index contributed by atoms with van der Waals surface area (Å²) in [5.74, 6) is 0.433. The van der Waals surface area contributed by atoms with Gasteiger partial charge in [-0.3, -0.25) is 0 Å². The lowest BCUT2D eigenvalue weighted by Gasteiger charge is -2.37. The lowest BCUT2D eigenvalue weighted by molar-refractivity contribution is 0.154. The molecule has 0 nitrogen and oxygen atoms in total. The number of rotatable bonds is 4. The van der Waals surface area contributed by atoms with Crippen molar-refractivity contribution in [2.75, 3.05) is 0 Å². The van der Waals surface area contributed by atoms with Gasteiger partial charge in [0.2, 0.25) is 0 Å². The van der Waals surface area contributed by atoms with Crippen molar-refractivity contribution in [1.82, 2.24) is 0 Å². The van der Waals surface area contributed by atoms with Crippen LogP contribution in [-0.2, 0) is 0 Å². The molecule has 0 aliphatic heterocycles. The summed E-state index contributed by atoms with van der Waals surface area (Å²) >= 11 is 0. The Morgan fingerprint density at radius 1 is 0.857 bits per heavy atom. The van der Waals surface area contributed by atoms with Gasteiger partial charge < -0.3 is 0 Å². The van der Waals surface area contributed by atoms with E-state index in [1.54, 1.807) is 0 Å². The fourth-order valence-corrected chi connectivity index (χ4v) is 4.14. The standard InChI is InChI=1S/C18H27F3/c1-2-3-4-13-5-7-14(8-6-13)15-9-11-16(12-10-15)17(19)18(20)21/h3-4,13-16H,2,5-12H2,1H3/b4-3+. The summed E-state index contributed by atoms with van der Waals surface area (Å²) in [6, 6.07) is 0. The van der Waals surface area contributed by atoms with E-state index >= 15 is 0 Å². The Balaban J connectivity index is 1.77. The molecule has 0 spiro atoms. The molecule has 2 saturated carbocycles. The molecule has 21 heavy (non-hydrogen) atoms. The second kappa shape index (κ2) is 8.05. The predicted molar refractivity (Wildman–Crippen MR) is 80.7 cm³/mol. The van der Waals surface area contributed by atoms with E-state index in [-0.39, 0.29) is 0 Å². The third-order valence-electron chi connectivity index (χ3n) is 5.44. The summed E-state index contributed by atoms with van der Waals surface area (Å²) in [4.78, 5) is 0. The van der Waals surface area contributed by atoms with Gasteiger partial charge in [0.15, 0.2) is 5.83 Å². The van der Waals surface area contributed by atoms with Gasteiger partial charge >= 0.3 is 6.08 Å². The van der Waals surface area contributed by atoms with Crippen LogP contribution in [0.1, 0.15) is 64.7 Å².